The molecule has 160 valence electrons. The Kier molecular flexibility index (Phi) is 5.73. The SMILES string of the molecule is CC(C)c1ccc(CN(C(=O)[C@@H]2COc3ccccc3O2)[C@H]2CCS(=O)(=O)C2)cc1. The molecule has 7 heteroatoms. The number of amides is 1. The average molecular weight is 430 g/mol. The fourth-order valence-corrected chi connectivity index (χ4v) is 5.67. The quantitative estimate of drug-likeness (QED) is 0.730. The molecule has 2 aliphatic rings. The minimum Gasteiger partial charge on any atom is -0.485 e. The van der Waals surface area contributed by atoms with Crippen molar-refractivity contribution in [2.75, 3.05) is 18.1 Å². The lowest BCUT2D eigenvalue weighted by Crippen LogP contribution is -2.50. The summed E-state index contributed by atoms with van der Waals surface area (Å²) in [5.74, 6) is 1.43. The fourth-order valence-electron chi connectivity index (χ4n) is 3.94. The first kappa shape index (κ1) is 20.7. The van der Waals surface area contributed by atoms with Crippen LogP contribution in [0.15, 0.2) is 48.5 Å². The highest BCUT2D eigenvalue weighted by Gasteiger charge is 2.39. The maximum atomic E-state index is 13.4. The van der Waals surface area contributed by atoms with Crippen LogP contribution in [0.5, 0.6) is 11.5 Å². The molecule has 1 amide bonds. The lowest BCUT2D eigenvalue weighted by atomic mass is 10.0. The van der Waals surface area contributed by atoms with Gasteiger partial charge in [0.05, 0.1) is 11.5 Å². The average Bonchev–Trinajstić information content (AvgIpc) is 3.11. The number of fused-ring (bicyclic) bond motifs is 1. The molecule has 0 spiro atoms. The summed E-state index contributed by atoms with van der Waals surface area (Å²) in [6.45, 7) is 4.72. The van der Waals surface area contributed by atoms with Crippen LogP contribution in [-0.4, -0.2) is 49.5 Å². The first-order valence-corrected chi connectivity index (χ1v) is 12.1. The number of carbonyl (C=O) groups excluding carboxylic acids is 1. The van der Waals surface area contributed by atoms with E-state index in [1.165, 1.54) is 5.56 Å². The number of ether oxygens (including phenoxy) is 2. The van der Waals surface area contributed by atoms with Gasteiger partial charge in [0, 0.05) is 12.6 Å². The predicted molar refractivity (Wildman–Crippen MR) is 114 cm³/mol. The van der Waals surface area contributed by atoms with Crippen molar-refractivity contribution in [2.45, 2.75) is 44.9 Å². The van der Waals surface area contributed by atoms with E-state index in [1.54, 1.807) is 17.0 Å². The molecule has 0 aliphatic carbocycles. The van der Waals surface area contributed by atoms with E-state index in [-0.39, 0.29) is 30.1 Å². The normalized spacial score (nSPS) is 22.1. The molecular formula is C23H27NO5S. The second-order valence-electron chi connectivity index (χ2n) is 8.28. The van der Waals surface area contributed by atoms with Crippen LogP contribution in [0.25, 0.3) is 0 Å². The van der Waals surface area contributed by atoms with Gasteiger partial charge in [-0.25, -0.2) is 8.42 Å². The molecule has 0 aromatic heterocycles. The van der Waals surface area contributed by atoms with E-state index in [0.717, 1.165) is 5.56 Å². The second-order valence-corrected chi connectivity index (χ2v) is 10.5. The van der Waals surface area contributed by atoms with Gasteiger partial charge in [0.2, 0.25) is 6.10 Å². The summed E-state index contributed by atoms with van der Waals surface area (Å²) in [5, 5.41) is 0. The Morgan fingerprint density at radius 1 is 1.10 bits per heavy atom. The van der Waals surface area contributed by atoms with Crippen LogP contribution in [0.2, 0.25) is 0 Å². The molecule has 0 radical (unpaired) electrons. The number of hydrogen-bond acceptors (Lipinski definition) is 5. The first-order chi connectivity index (χ1) is 14.3. The summed E-state index contributed by atoms with van der Waals surface area (Å²) in [6.07, 6.45) is -0.347. The number of nitrogens with zero attached hydrogens (tertiary/aromatic N) is 1. The van der Waals surface area contributed by atoms with Crippen molar-refractivity contribution in [2.24, 2.45) is 0 Å². The van der Waals surface area contributed by atoms with Crippen LogP contribution in [0.3, 0.4) is 0 Å². The van der Waals surface area contributed by atoms with Gasteiger partial charge in [-0.15, -0.1) is 0 Å². The van der Waals surface area contributed by atoms with E-state index in [4.69, 9.17) is 9.47 Å². The number of carbonyl (C=O) groups is 1. The van der Waals surface area contributed by atoms with Gasteiger partial charge in [-0.3, -0.25) is 4.79 Å². The third-order valence-electron chi connectivity index (χ3n) is 5.72. The van der Waals surface area contributed by atoms with Gasteiger partial charge in [-0.05, 0) is 35.6 Å². The largest absolute Gasteiger partial charge is 0.485 e. The maximum absolute atomic E-state index is 13.4. The van der Waals surface area contributed by atoms with E-state index in [0.29, 0.717) is 30.4 Å². The highest BCUT2D eigenvalue weighted by molar-refractivity contribution is 7.91. The summed E-state index contributed by atoms with van der Waals surface area (Å²) >= 11 is 0. The zero-order valence-corrected chi connectivity index (χ0v) is 18.1. The molecule has 2 atom stereocenters. The second kappa shape index (κ2) is 8.30. The number of hydrogen-bond donors (Lipinski definition) is 0. The van der Waals surface area contributed by atoms with E-state index in [2.05, 4.69) is 26.0 Å². The van der Waals surface area contributed by atoms with E-state index in [9.17, 15) is 13.2 Å². The lowest BCUT2D eigenvalue weighted by Gasteiger charge is -2.34. The van der Waals surface area contributed by atoms with Crippen molar-refractivity contribution in [3.8, 4) is 11.5 Å². The molecule has 0 unspecified atom stereocenters. The molecule has 30 heavy (non-hydrogen) atoms. The molecule has 1 saturated heterocycles. The van der Waals surface area contributed by atoms with Gasteiger partial charge < -0.3 is 14.4 Å². The highest BCUT2D eigenvalue weighted by Crippen LogP contribution is 2.32. The van der Waals surface area contributed by atoms with Gasteiger partial charge in [0.1, 0.15) is 6.61 Å². The molecule has 6 nitrogen and oxygen atoms in total. The van der Waals surface area contributed by atoms with Gasteiger partial charge in [0.15, 0.2) is 21.3 Å². The molecule has 2 aliphatic heterocycles. The number of para-hydroxylation sites is 2. The summed E-state index contributed by atoms with van der Waals surface area (Å²) in [4.78, 5) is 15.1. The molecule has 4 rings (SSSR count). The van der Waals surface area contributed by atoms with Crippen LogP contribution in [-0.2, 0) is 21.2 Å². The van der Waals surface area contributed by atoms with Crippen LogP contribution in [0.4, 0.5) is 0 Å². The van der Waals surface area contributed by atoms with Gasteiger partial charge in [-0.1, -0.05) is 50.2 Å². The Hall–Kier alpha value is -2.54. The minimum absolute atomic E-state index is 0.00696. The highest BCUT2D eigenvalue weighted by atomic mass is 32.2. The van der Waals surface area contributed by atoms with Gasteiger partial charge in [-0.2, -0.15) is 0 Å². The van der Waals surface area contributed by atoms with Crippen LogP contribution in [0, 0.1) is 0 Å². The summed E-state index contributed by atoms with van der Waals surface area (Å²) in [7, 11) is -3.13. The van der Waals surface area contributed by atoms with E-state index in [1.807, 2.05) is 24.3 Å². The third-order valence-corrected chi connectivity index (χ3v) is 7.47. The topological polar surface area (TPSA) is 72.9 Å². The molecular weight excluding hydrogens is 402 g/mol. The Labute approximate surface area is 177 Å². The van der Waals surface area contributed by atoms with Crippen molar-refractivity contribution >= 4 is 15.7 Å². The van der Waals surface area contributed by atoms with Crippen LogP contribution < -0.4 is 9.47 Å². The van der Waals surface area contributed by atoms with Crippen LogP contribution >= 0.6 is 0 Å². The summed E-state index contributed by atoms with van der Waals surface area (Å²) < 4.78 is 35.8. The van der Waals surface area contributed by atoms with Crippen molar-refractivity contribution in [3.05, 3.63) is 59.7 Å². The molecule has 2 aromatic rings. The summed E-state index contributed by atoms with van der Waals surface area (Å²) in [5.41, 5.74) is 2.19. The standard InChI is InChI=1S/C23H27NO5S/c1-16(2)18-9-7-17(8-10-18)13-24(19-11-12-30(26,27)15-19)23(25)22-14-28-20-5-3-4-6-21(20)29-22/h3-10,16,19,22H,11-15H2,1-2H3/t19-,22-/m0/s1. The first-order valence-electron chi connectivity index (χ1n) is 10.3. The lowest BCUT2D eigenvalue weighted by molar-refractivity contribution is -0.143. The Balaban J connectivity index is 1.56. The minimum atomic E-state index is -3.13. The van der Waals surface area contributed by atoms with E-state index >= 15 is 0 Å². The Morgan fingerprint density at radius 3 is 2.43 bits per heavy atom. The van der Waals surface area contributed by atoms with Gasteiger partial charge >= 0.3 is 0 Å². The number of benzene rings is 2. The van der Waals surface area contributed by atoms with Crippen molar-refractivity contribution < 1.29 is 22.7 Å². The third kappa shape index (κ3) is 4.46. The van der Waals surface area contributed by atoms with Crippen molar-refractivity contribution in [3.63, 3.8) is 0 Å². The molecule has 0 bridgehead atoms. The molecule has 2 aromatic carbocycles. The zero-order valence-electron chi connectivity index (χ0n) is 17.3. The molecule has 0 N–H and O–H groups in total. The number of rotatable bonds is 5. The van der Waals surface area contributed by atoms with Crippen LogP contribution in [0.1, 0.15) is 37.3 Å². The van der Waals surface area contributed by atoms with Crippen molar-refractivity contribution in [1.82, 2.24) is 4.90 Å². The monoisotopic (exact) mass is 429 g/mol. The smallest absolute Gasteiger partial charge is 0.267 e. The summed E-state index contributed by atoms with van der Waals surface area (Å²) in [6, 6.07) is 15.0. The maximum Gasteiger partial charge on any atom is 0.267 e. The molecule has 0 saturated carbocycles. The Bertz CT molecular complexity index is 1020. The molecule has 2 heterocycles. The predicted octanol–water partition coefficient (Wildman–Crippen LogP) is 3.17. The van der Waals surface area contributed by atoms with E-state index < -0.39 is 15.9 Å². The molecule has 1 fully saturated rings. The Morgan fingerprint density at radius 2 is 1.80 bits per heavy atom. The fraction of sp³-hybridized carbons (Fsp3) is 0.435. The van der Waals surface area contributed by atoms with Crippen molar-refractivity contribution in [1.29, 1.82) is 0 Å². The zero-order chi connectivity index (χ0) is 21.3. The van der Waals surface area contributed by atoms with Gasteiger partial charge in [0.25, 0.3) is 5.91 Å². The number of sulfone groups is 1.